The molecule has 1 atom stereocenters. The quantitative estimate of drug-likeness (QED) is 0.703. The normalized spacial score (nSPS) is 12.6. The Labute approximate surface area is 103 Å². The lowest BCUT2D eigenvalue weighted by Crippen LogP contribution is -2.18. The second-order valence-corrected chi connectivity index (χ2v) is 4.15. The minimum atomic E-state index is -0.186. The van der Waals surface area contributed by atoms with Crippen molar-refractivity contribution in [3.63, 3.8) is 0 Å². The van der Waals surface area contributed by atoms with Crippen LogP contribution in [0.25, 0.3) is 0 Å². The molecule has 0 heterocycles. The minimum absolute atomic E-state index is 0.160. The van der Waals surface area contributed by atoms with E-state index in [0.717, 1.165) is 31.4 Å². The molecule has 0 fully saturated rings. The summed E-state index contributed by atoms with van der Waals surface area (Å²) < 4.78 is 18.6. The van der Waals surface area contributed by atoms with Crippen molar-refractivity contribution in [1.82, 2.24) is 5.32 Å². The molecule has 0 aromatic heterocycles. The molecule has 3 heteroatoms. The van der Waals surface area contributed by atoms with Gasteiger partial charge in [-0.15, -0.1) is 0 Å². The SMILES string of the molecule is CCCCOCCC(NC)c1cccc(F)c1. The van der Waals surface area contributed by atoms with Crippen molar-refractivity contribution in [2.75, 3.05) is 20.3 Å². The number of hydrogen-bond donors (Lipinski definition) is 1. The van der Waals surface area contributed by atoms with Crippen LogP contribution >= 0.6 is 0 Å². The van der Waals surface area contributed by atoms with E-state index in [1.54, 1.807) is 12.1 Å². The highest BCUT2D eigenvalue weighted by Crippen LogP contribution is 2.17. The molecule has 17 heavy (non-hydrogen) atoms. The van der Waals surface area contributed by atoms with Crippen LogP contribution in [0.3, 0.4) is 0 Å². The van der Waals surface area contributed by atoms with Gasteiger partial charge in [-0.25, -0.2) is 4.39 Å². The molecule has 1 rings (SSSR count). The predicted octanol–water partition coefficient (Wildman–Crippen LogP) is 3.29. The molecule has 1 aromatic rings. The lowest BCUT2D eigenvalue weighted by atomic mass is 10.0. The van der Waals surface area contributed by atoms with Gasteiger partial charge in [0.1, 0.15) is 5.82 Å². The number of benzene rings is 1. The van der Waals surface area contributed by atoms with E-state index in [4.69, 9.17) is 4.74 Å². The molecule has 0 aliphatic rings. The fourth-order valence-corrected chi connectivity index (χ4v) is 1.75. The minimum Gasteiger partial charge on any atom is -0.381 e. The van der Waals surface area contributed by atoms with Gasteiger partial charge in [0.25, 0.3) is 0 Å². The van der Waals surface area contributed by atoms with E-state index >= 15 is 0 Å². The molecule has 0 amide bonds. The van der Waals surface area contributed by atoms with Gasteiger partial charge in [0.15, 0.2) is 0 Å². The first-order valence-electron chi connectivity index (χ1n) is 6.28. The zero-order valence-corrected chi connectivity index (χ0v) is 10.7. The lowest BCUT2D eigenvalue weighted by Gasteiger charge is -2.16. The molecule has 2 nitrogen and oxygen atoms in total. The molecule has 96 valence electrons. The largest absolute Gasteiger partial charge is 0.381 e. The maximum absolute atomic E-state index is 13.1. The molecule has 0 aliphatic heterocycles. The number of halogens is 1. The van der Waals surface area contributed by atoms with Crippen LogP contribution in [0.5, 0.6) is 0 Å². The van der Waals surface area contributed by atoms with Gasteiger partial charge < -0.3 is 10.1 Å². The summed E-state index contributed by atoms with van der Waals surface area (Å²) in [5.74, 6) is -0.186. The summed E-state index contributed by atoms with van der Waals surface area (Å²) in [5, 5.41) is 3.19. The Hall–Kier alpha value is -0.930. The van der Waals surface area contributed by atoms with Gasteiger partial charge >= 0.3 is 0 Å². The fourth-order valence-electron chi connectivity index (χ4n) is 1.75. The highest BCUT2D eigenvalue weighted by atomic mass is 19.1. The highest BCUT2D eigenvalue weighted by Gasteiger charge is 2.09. The van der Waals surface area contributed by atoms with Crippen molar-refractivity contribution >= 4 is 0 Å². The Morgan fingerprint density at radius 1 is 1.35 bits per heavy atom. The van der Waals surface area contributed by atoms with Crippen LogP contribution in [0.15, 0.2) is 24.3 Å². The number of unbranched alkanes of at least 4 members (excludes halogenated alkanes) is 1. The Kier molecular flexibility index (Phi) is 6.82. The third-order valence-electron chi connectivity index (χ3n) is 2.79. The Balaban J connectivity index is 2.38. The van der Waals surface area contributed by atoms with Crippen LogP contribution in [0.1, 0.15) is 37.8 Å². The highest BCUT2D eigenvalue weighted by molar-refractivity contribution is 5.19. The average molecular weight is 239 g/mol. The number of nitrogens with one attached hydrogen (secondary N) is 1. The predicted molar refractivity (Wildman–Crippen MR) is 68.5 cm³/mol. The average Bonchev–Trinajstić information content (AvgIpc) is 2.34. The number of hydrogen-bond acceptors (Lipinski definition) is 2. The Bertz CT molecular complexity index is 317. The summed E-state index contributed by atoms with van der Waals surface area (Å²) in [4.78, 5) is 0. The third kappa shape index (κ3) is 5.29. The van der Waals surface area contributed by atoms with E-state index in [1.165, 1.54) is 6.07 Å². The lowest BCUT2D eigenvalue weighted by molar-refractivity contribution is 0.122. The molecule has 0 bridgehead atoms. The van der Waals surface area contributed by atoms with Crippen LogP contribution in [-0.4, -0.2) is 20.3 Å². The molecule has 0 saturated carbocycles. The van der Waals surface area contributed by atoms with Gasteiger partial charge in [0.05, 0.1) is 0 Å². The summed E-state index contributed by atoms with van der Waals surface area (Å²) >= 11 is 0. The van der Waals surface area contributed by atoms with Crippen LogP contribution < -0.4 is 5.32 Å². The van der Waals surface area contributed by atoms with Gasteiger partial charge in [-0.1, -0.05) is 25.5 Å². The number of ether oxygens (including phenoxy) is 1. The van der Waals surface area contributed by atoms with E-state index in [-0.39, 0.29) is 11.9 Å². The standard InChI is InChI=1S/C14H22FNO/c1-3-4-9-17-10-8-14(16-2)12-6-5-7-13(15)11-12/h5-7,11,14,16H,3-4,8-10H2,1-2H3. The second-order valence-electron chi connectivity index (χ2n) is 4.15. The zero-order chi connectivity index (χ0) is 12.5. The van der Waals surface area contributed by atoms with Crippen molar-refractivity contribution < 1.29 is 9.13 Å². The first-order chi connectivity index (χ1) is 8.27. The first-order valence-corrected chi connectivity index (χ1v) is 6.28. The van der Waals surface area contributed by atoms with Gasteiger partial charge in [-0.3, -0.25) is 0 Å². The first kappa shape index (κ1) is 14.1. The monoisotopic (exact) mass is 239 g/mol. The van der Waals surface area contributed by atoms with Crippen molar-refractivity contribution in [2.45, 2.75) is 32.2 Å². The summed E-state index contributed by atoms with van der Waals surface area (Å²) in [5.41, 5.74) is 0.978. The smallest absolute Gasteiger partial charge is 0.123 e. The van der Waals surface area contributed by atoms with Gasteiger partial charge in [-0.05, 0) is 37.6 Å². The number of rotatable bonds is 8. The van der Waals surface area contributed by atoms with Crippen LogP contribution in [0.4, 0.5) is 4.39 Å². The molecule has 0 saturated heterocycles. The maximum atomic E-state index is 13.1. The zero-order valence-electron chi connectivity index (χ0n) is 10.7. The van der Waals surface area contributed by atoms with Gasteiger partial charge in [0.2, 0.25) is 0 Å². The van der Waals surface area contributed by atoms with E-state index in [0.29, 0.717) is 6.61 Å². The molecular weight excluding hydrogens is 217 g/mol. The fraction of sp³-hybridized carbons (Fsp3) is 0.571. The summed E-state index contributed by atoms with van der Waals surface area (Å²) in [6.07, 6.45) is 3.12. The second kappa shape index (κ2) is 8.20. The molecule has 0 aliphatic carbocycles. The van der Waals surface area contributed by atoms with Crippen molar-refractivity contribution in [3.8, 4) is 0 Å². The van der Waals surface area contributed by atoms with E-state index in [2.05, 4.69) is 12.2 Å². The van der Waals surface area contributed by atoms with Crippen LogP contribution in [0, 0.1) is 5.82 Å². The molecule has 1 unspecified atom stereocenters. The van der Waals surface area contributed by atoms with Crippen molar-refractivity contribution in [3.05, 3.63) is 35.6 Å². The maximum Gasteiger partial charge on any atom is 0.123 e. The summed E-state index contributed by atoms with van der Waals surface area (Å²) in [6, 6.07) is 6.89. The summed E-state index contributed by atoms with van der Waals surface area (Å²) in [6.45, 7) is 3.67. The molecule has 1 aromatic carbocycles. The van der Waals surface area contributed by atoms with E-state index in [9.17, 15) is 4.39 Å². The van der Waals surface area contributed by atoms with Crippen LogP contribution in [0.2, 0.25) is 0 Å². The van der Waals surface area contributed by atoms with Crippen molar-refractivity contribution in [2.24, 2.45) is 0 Å². The Morgan fingerprint density at radius 2 is 2.18 bits per heavy atom. The van der Waals surface area contributed by atoms with Crippen LogP contribution in [-0.2, 0) is 4.74 Å². The van der Waals surface area contributed by atoms with E-state index in [1.807, 2.05) is 13.1 Å². The Morgan fingerprint density at radius 3 is 2.82 bits per heavy atom. The molecule has 1 N–H and O–H groups in total. The summed E-state index contributed by atoms with van der Waals surface area (Å²) in [7, 11) is 1.89. The van der Waals surface area contributed by atoms with Gasteiger partial charge in [0, 0.05) is 19.3 Å². The molecule has 0 radical (unpaired) electrons. The van der Waals surface area contributed by atoms with Gasteiger partial charge in [-0.2, -0.15) is 0 Å². The molecule has 0 spiro atoms. The van der Waals surface area contributed by atoms with E-state index < -0.39 is 0 Å². The molecular formula is C14H22FNO. The topological polar surface area (TPSA) is 21.3 Å². The van der Waals surface area contributed by atoms with Crippen molar-refractivity contribution in [1.29, 1.82) is 0 Å². The third-order valence-corrected chi connectivity index (χ3v) is 2.79.